The van der Waals surface area contributed by atoms with Gasteiger partial charge in [0.1, 0.15) is 18.5 Å². The van der Waals surface area contributed by atoms with E-state index in [1.165, 1.54) is 12.1 Å². The summed E-state index contributed by atoms with van der Waals surface area (Å²) in [6.45, 7) is 6.52. The highest BCUT2D eigenvalue weighted by Crippen LogP contribution is 2.14. The molecule has 1 unspecified atom stereocenters. The standard InChI is InChI=1S/C15H21FN2O3/c1-10(2)18-5-6-20-12(8-18)9-21-15(19)13-4-3-11(17)7-14(13)16/h3-4,7,10,12H,5-6,8-9,17H2,1-2H3. The zero-order valence-electron chi connectivity index (χ0n) is 12.3. The van der Waals surface area contributed by atoms with E-state index < -0.39 is 11.8 Å². The number of carbonyl (C=O) groups excluding carboxylic acids is 1. The Bertz CT molecular complexity index is 508. The molecule has 21 heavy (non-hydrogen) atoms. The average molecular weight is 296 g/mol. The Morgan fingerprint density at radius 3 is 3.00 bits per heavy atom. The first-order chi connectivity index (χ1) is 9.97. The van der Waals surface area contributed by atoms with Crippen molar-refractivity contribution in [2.45, 2.75) is 26.0 Å². The number of rotatable bonds is 4. The third-order valence-corrected chi connectivity index (χ3v) is 3.51. The highest BCUT2D eigenvalue weighted by Gasteiger charge is 2.24. The van der Waals surface area contributed by atoms with E-state index in [-0.39, 0.29) is 24.0 Å². The first-order valence-corrected chi connectivity index (χ1v) is 7.05. The second-order valence-electron chi connectivity index (χ2n) is 5.42. The summed E-state index contributed by atoms with van der Waals surface area (Å²) in [5.74, 6) is -1.37. The predicted octanol–water partition coefficient (Wildman–Crippen LogP) is 1.67. The van der Waals surface area contributed by atoms with E-state index in [0.29, 0.717) is 19.2 Å². The number of esters is 1. The SMILES string of the molecule is CC(C)N1CCOC(COC(=O)c2ccc(N)cc2F)C1. The Morgan fingerprint density at radius 1 is 1.57 bits per heavy atom. The maximum atomic E-state index is 13.6. The molecular weight excluding hydrogens is 275 g/mol. The highest BCUT2D eigenvalue weighted by atomic mass is 19.1. The van der Waals surface area contributed by atoms with Gasteiger partial charge in [-0.2, -0.15) is 0 Å². The van der Waals surface area contributed by atoms with Gasteiger partial charge in [0, 0.05) is 24.8 Å². The third kappa shape index (κ3) is 4.15. The Hall–Kier alpha value is -1.66. The van der Waals surface area contributed by atoms with Crippen molar-refractivity contribution in [3.8, 4) is 0 Å². The molecule has 1 fully saturated rings. The number of ether oxygens (including phenoxy) is 2. The van der Waals surface area contributed by atoms with E-state index in [9.17, 15) is 9.18 Å². The molecule has 0 bridgehead atoms. The van der Waals surface area contributed by atoms with Gasteiger partial charge in [0.25, 0.3) is 0 Å². The Kier molecular flexibility index (Phi) is 5.14. The molecule has 1 atom stereocenters. The number of hydrogen-bond donors (Lipinski definition) is 1. The van der Waals surface area contributed by atoms with E-state index in [4.69, 9.17) is 15.2 Å². The lowest BCUT2D eigenvalue weighted by Gasteiger charge is -2.35. The number of nitrogens with zero attached hydrogens (tertiary/aromatic N) is 1. The second-order valence-corrected chi connectivity index (χ2v) is 5.42. The van der Waals surface area contributed by atoms with Crippen LogP contribution in [0.3, 0.4) is 0 Å². The van der Waals surface area contributed by atoms with Crippen LogP contribution in [0, 0.1) is 5.82 Å². The number of carbonyl (C=O) groups is 1. The van der Waals surface area contributed by atoms with Crippen molar-refractivity contribution < 1.29 is 18.7 Å². The molecule has 2 N–H and O–H groups in total. The van der Waals surface area contributed by atoms with Crippen LogP contribution in [-0.2, 0) is 9.47 Å². The molecule has 1 heterocycles. The van der Waals surface area contributed by atoms with E-state index in [1.54, 1.807) is 0 Å². The fourth-order valence-corrected chi connectivity index (χ4v) is 2.26. The van der Waals surface area contributed by atoms with Crippen LogP contribution in [0.4, 0.5) is 10.1 Å². The quantitative estimate of drug-likeness (QED) is 0.676. The molecular formula is C15H21FN2O3. The maximum Gasteiger partial charge on any atom is 0.341 e. The lowest BCUT2D eigenvalue weighted by molar-refractivity contribution is -0.0663. The van der Waals surface area contributed by atoms with Gasteiger partial charge in [0.15, 0.2) is 0 Å². The first-order valence-electron chi connectivity index (χ1n) is 7.05. The van der Waals surface area contributed by atoms with Gasteiger partial charge in [-0.1, -0.05) is 0 Å². The summed E-state index contributed by atoms with van der Waals surface area (Å²) >= 11 is 0. The largest absolute Gasteiger partial charge is 0.459 e. The smallest absolute Gasteiger partial charge is 0.341 e. The molecule has 2 rings (SSSR count). The minimum Gasteiger partial charge on any atom is -0.459 e. The summed E-state index contributed by atoms with van der Waals surface area (Å²) in [5, 5.41) is 0. The van der Waals surface area contributed by atoms with Crippen molar-refractivity contribution in [2.75, 3.05) is 32.0 Å². The molecule has 116 valence electrons. The number of hydrogen-bond acceptors (Lipinski definition) is 5. The van der Waals surface area contributed by atoms with E-state index in [0.717, 1.165) is 12.6 Å². The van der Waals surface area contributed by atoms with Crippen LogP contribution >= 0.6 is 0 Å². The van der Waals surface area contributed by atoms with Gasteiger partial charge in [0.2, 0.25) is 0 Å². The topological polar surface area (TPSA) is 64.8 Å². The minimum absolute atomic E-state index is 0.110. The summed E-state index contributed by atoms with van der Waals surface area (Å²) < 4.78 is 24.3. The lowest BCUT2D eigenvalue weighted by Crippen LogP contribution is -2.47. The van der Waals surface area contributed by atoms with Crippen molar-refractivity contribution in [1.29, 1.82) is 0 Å². The van der Waals surface area contributed by atoms with Crippen LogP contribution in [0.5, 0.6) is 0 Å². The molecule has 1 aromatic rings. The summed E-state index contributed by atoms with van der Waals surface area (Å²) in [6.07, 6.45) is -0.179. The number of benzene rings is 1. The van der Waals surface area contributed by atoms with Gasteiger partial charge in [-0.05, 0) is 32.0 Å². The van der Waals surface area contributed by atoms with Crippen LogP contribution in [0.2, 0.25) is 0 Å². The Morgan fingerprint density at radius 2 is 2.33 bits per heavy atom. The van der Waals surface area contributed by atoms with Gasteiger partial charge in [-0.25, -0.2) is 9.18 Å². The molecule has 0 saturated carbocycles. The monoisotopic (exact) mass is 296 g/mol. The van der Waals surface area contributed by atoms with Crippen LogP contribution in [0.1, 0.15) is 24.2 Å². The molecule has 0 amide bonds. The fraction of sp³-hybridized carbons (Fsp3) is 0.533. The molecule has 6 heteroatoms. The lowest BCUT2D eigenvalue weighted by atomic mass is 10.2. The normalized spacial score (nSPS) is 19.7. The molecule has 5 nitrogen and oxygen atoms in total. The summed E-state index contributed by atoms with van der Waals surface area (Å²) in [7, 11) is 0. The molecule has 0 radical (unpaired) electrons. The number of nitrogen functional groups attached to an aromatic ring is 1. The zero-order chi connectivity index (χ0) is 15.4. The number of morpholine rings is 1. The predicted molar refractivity (Wildman–Crippen MR) is 77.5 cm³/mol. The molecule has 0 aliphatic carbocycles. The Balaban J connectivity index is 1.89. The van der Waals surface area contributed by atoms with Crippen LogP contribution < -0.4 is 5.73 Å². The molecule has 1 aromatic carbocycles. The average Bonchev–Trinajstić information content (AvgIpc) is 2.45. The fourth-order valence-electron chi connectivity index (χ4n) is 2.26. The van der Waals surface area contributed by atoms with Crippen LogP contribution in [-0.4, -0.2) is 49.3 Å². The first kappa shape index (κ1) is 15.7. The number of halogens is 1. The van der Waals surface area contributed by atoms with Gasteiger partial charge >= 0.3 is 5.97 Å². The molecule has 0 spiro atoms. The molecule has 0 aromatic heterocycles. The number of nitrogens with two attached hydrogens (primary N) is 1. The van der Waals surface area contributed by atoms with Gasteiger partial charge in [-0.3, -0.25) is 4.90 Å². The third-order valence-electron chi connectivity index (χ3n) is 3.51. The minimum atomic E-state index is -0.697. The summed E-state index contributed by atoms with van der Waals surface area (Å²) in [6, 6.07) is 4.32. The van der Waals surface area contributed by atoms with Crippen molar-refractivity contribution in [1.82, 2.24) is 4.90 Å². The van der Waals surface area contributed by atoms with Crippen molar-refractivity contribution in [3.63, 3.8) is 0 Å². The molecule has 1 aliphatic heterocycles. The molecule has 1 saturated heterocycles. The molecule has 1 aliphatic rings. The van der Waals surface area contributed by atoms with Crippen LogP contribution in [0.15, 0.2) is 18.2 Å². The van der Waals surface area contributed by atoms with Gasteiger partial charge < -0.3 is 15.2 Å². The van der Waals surface area contributed by atoms with E-state index in [2.05, 4.69) is 18.7 Å². The zero-order valence-corrected chi connectivity index (χ0v) is 12.3. The van der Waals surface area contributed by atoms with Crippen molar-refractivity contribution in [3.05, 3.63) is 29.6 Å². The van der Waals surface area contributed by atoms with Crippen molar-refractivity contribution in [2.24, 2.45) is 0 Å². The summed E-state index contributed by atoms with van der Waals surface area (Å²) in [4.78, 5) is 14.1. The highest BCUT2D eigenvalue weighted by molar-refractivity contribution is 5.90. The van der Waals surface area contributed by atoms with Crippen molar-refractivity contribution >= 4 is 11.7 Å². The Labute approximate surface area is 123 Å². The van der Waals surface area contributed by atoms with E-state index >= 15 is 0 Å². The van der Waals surface area contributed by atoms with Gasteiger partial charge in [0.05, 0.1) is 12.2 Å². The number of anilines is 1. The maximum absolute atomic E-state index is 13.6. The van der Waals surface area contributed by atoms with Gasteiger partial charge in [-0.15, -0.1) is 0 Å². The van der Waals surface area contributed by atoms with E-state index in [1.807, 2.05) is 0 Å². The summed E-state index contributed by atoms with van der Waals surface area (Å²) in [5.41, 5.74) is 5.60. The van der Waals surface area contributed by atoms with Crippen LogP contribution in [0.25, 0.3) is 0 Å². The second kappa shape index (κ2) is 6.87.